The molecule has 36 heavy (non-hydrogen) atoms. The molecule has 1 heterocycles. The fourth-order valence-corrected chi connectivity index (χ4v) is 6.22. The summed E-state index contributed by atoms with van der Waals surface area (Å²) in [5, 5.41) is 4.75. The van der Waals surface area contributed by atoms with Crippen LogP contribution in [0.15, 0.2) is 101 Å². The predicted octanol–water partition coefficient (Wildman–Crippen LogP) is 7.60. The maximum atomic E-state index is 13.6. The van der Waals surface area contributed by atoms with Gasteiger partial charge >= 0.3 is 0 Å². The molecule has 1 aliphatic rings. The van der Waals surface area contributed by atoms with Crippen molar-refractivity contribution in [3.63, 3.8) is 0 Å². The molecule has 1 aromatic heterocycles. The van der Waals surface area contributed by atoms with E-state index in [1.165, 1.54) is 52.7 Å². The van der Waals surface area contributed by atoms with Gasteiger partial charge in [0.2, 0.25) is 0 Å². The number of benzene rings is 4. The van der Waals surface area contributed by atoms with Gasteiger partial charge in [0, 0.05) is 16.5 Å². The number of thiazole rings is 1. The highest BCUT2D eigenvalue weighted by molar-refractivity contribution is 7.07. The summed E-state index contributed by atoms with van der Waals surface area (Å²) in [5.41, 5.74) is 4.53. The fourth-order valence-electron chi connectivity index (χ4n) is 5.22. The van der Waals surface area contributed by atoms with Crippen LogP contribution in [0.1, 0.15) is 41.6 Å². The Bertz CT molecular complexity index is 1580. The highest BCUT2D eigenvalue weighted by Crippen LogP contribution is 2.49. The number of aromatic nitrogens is 1. The van der Waals surface area contributed by atoms with E-state index in [0.717, 1.165) is 28.8 Å². The molecule has 1 fully saturated rings. The molecule has 0 atom stereocenters. The molecule has 5 heteroatoms. The molecule has 0 spiro atoms. The standard InChI is InChI=1S/C31H26F2N2S/c32-27-12-6-22(7-13-27)19-34-30-35(20-23-8-14-28(33)15-9-23)29(21-36-30)31(16-3-17-31)26-11-10-24-4-1-2-5-25(24)18-26/h1-2,4-15,18,21H,3,16-17,19-20H2/b34-30+. The quantitative estimate of drug-likeness (QED) is 0.230. The third-order valence-corrected chi connectivity index (χ3v) is 8.26. The van der Waals surface area contributed by atoms with Crippen molar-refractivity contribution >= 4 is 22.1 Å². The van der Waals surface area contributed by atoms with Gasteiger partial charge in [0.05, 0.1) is 13.1 Å². The zero-order chi connectivity index (χ0) is 24.5. The average molecular weight is 497 g/mol. The fraction of sp³-hybridized carbons (Fsp3) is 0.194. The predicted molar refractivity (Wildman–Crippen MR) is 142 cm³/mol. The third-order valence-electron chi connectivity index (χ3n) is 7.36. The Kier molecular flexibility index (Phi) is 6.02. The molecule has 5 aromatic rings. The molecule has 0 amide bonds. The number of halogens is 2. The summed E-state index contributed by atoms with van der Waals surface area (Å²) in [6.07, 6.45) is 3.35. The largest absolute Gasteiger partial charge is 0.316 e. The monoisotopic (exact) mass is 496 g/mol. The molecule has 0 bridgehead atoms. The molecular formula is C31H26F2N2S. The minimum atomic E-state index is -0.245. The van der Waals surface area contributed by atoms with E-state index in [-0.39, 0.29) is 17.0 Å². The molecule has 0 radical (unpaired) electrons. The van der Waals surface area contributed by atoms with Crippen LogP contribution in [0.2, 0.25) is 0 Å². The summed E-state index contributed by atoms with van der Waals surface area (Å²) in [6.45, 7) is 1.10. The SMILES string of the molecule is Fc1ccc(C/N=c2/scc(C3(c4ccc5ccccc5c4)CCC3)n2Cc2ccc(F)cc2)cc1. The van der Waals surface area contributed by atoms with Crippen molar-refractivity contribution in [2.75, 3.05) is 0 Å². The molecule has 0 saturated heterocycles. The number of nitrogens with zero attached hydrogens (tertiary/aromatic N) is 2. The van der Waals surface area contributed by atoms with Crippen molar-refractivity contribution in [3.05, 3.63) is 135 Å². The van der Waals surface area contributed by atoms with E-state index in [1.54, 1.807) is 23.5 Å². The Morgan fingerprint density at radius 2 is 1.44 bits per heavy atom. The van der Waals surface area contributed by atoms with Crippen LogP contribution in [0.3, 0.4) is 0 Å². The van der Waals surface area contributed by atoms with Gasteiger partial charge in [0.25, 0.3) is 0 Å². The van der Waals surface area contributed by atoms with Crippen LogP contribution in [0.5, 0.6) is 0 Å². The molecule has 6 rings (SSSR count). The smallest absolute Gasteiger partial charge is 0.185 e. The number of hydrogen-bond acceptors (Lipinski definition) is 2. The van der Waals surface area contributed by atoms with Crippen LogP contribution in [0.25, 0.3) is 10.8 Å². The second-order valence-electron chi connectivity index (χ2n) is 9.56. The highest BCUT2D eigenvalue weighted by Gasteiger charge is 2.43. The third kappa shape index (κ3) is 4.28. The van der Waals surface area contributed by atoms with Crippen LogP contribution < -0.4 is 4.80 Å². The van der Waals surface area contributed by atoms with Crippen molar-refractivity contribution in [3.8, 4) is 0 Å². The minimum Gasteiger partial charge on any atom is -0.316 e. The summed E-state index contributed by atoms with van der Waals surface area (Å²) in [6, 6.07) is 28.5. The van der Waals surface area contributed by atoms with Gasteiger partial charge in [-0.15, -0.1) is 11.3 Å². The van der Waals surface area contributed by atoms with E-state index in [2.05, 4.69) is 52.4 Å². The van der Waals surface area contributed by atoms with Gasteiger partial charge in [0.15, 0.2) is 4.80 Å². The van der Waals surface area contributed by atoms with Gasteiger partial charge in [-0.3, -0.25) is 4.99 Å². The lowest BCUT2D eigenvalue weighted by molar-refractivity contribution is 0.284. The van der Waals surface area contributed by atoms with E-state index in [0.29, 0.717) is 13.1 Å². The summed E-state index contributed by atoms with van der Waals surface area (Å²) < 4.78 is 29.3. The maximum Gasteiger partial charge on any atom is 0.185 e. The topological polar surface area (TPSA) is 17.3 Å². The lowest BCUT2D eigenvalue weighted by atomic mass is 9.62. The molecule has 2 nitrogen and oxygen atoms in total. The van der Waals surface area contributed by atoms with Crippen LogP contribution in [0, 0.1) is 11.6 Å². The summed E-state index contributed by atoms with van der Waals surface area (Å²) in [7, 11) is 0. The Morgan fingerprint density at radius 3 is 2.11 bits per heavy atom. The van der Waals surface area contributed by atoms with Gasteiger partial charge in [-0.1, -0.05) is 73.2 Å². The van der Waals surface area contributed by atoms with Gasteiger partial charge in [-0.2, -0.15) is 0 Å². The lowest BCUT2D eigenvalue weighted by Crippen LogP contribution is -2.39. The Balaban J connectivity index is 1.45. The van der Waals surface area contributed by atoms with E-state index in [4.69, 9.17) is 4.99 Å². The maximum absolute atomic E-state index is 13.6. The second kappa shape index (κ2) is 9.47. The molecule has 180 valence electrons. The molecule has 1 saturated carbocycles. The number of fused-ring (bicyclic) bond motifs is 1. The zero-order valence-electron chi connectivity index (χ0n) is 19.8. The second-order valence-corrected chi connectivity index (χ2v) is 10.4. The summed E-state index contributed by atoms with van der Waals surface area (Å²) in [4.78, 5) is 5.86. The Hall–Kier alpha value is -3.57. The minimum absolute atomic E-state index is 0.0653. The van der Waals surface area contributed by atoms with E-state index in [1.807, 2.05) is 12.1 Å². The molecule has 1 aliphatic carbocycles. The summed E-state index contributed by atoms with van der Waals surface area (Å²) >= 11 is 1.64. The van der Waals surface area contributed by atoms with Crippen LogP contribution in [-0.4, -0.2) is 4.57 Å². The first-order valence-electron chi connectivity index (χ1n) is 12.3. The van der Waals surface area contributed by atoms with Crippen molar-refractivity contribution in [2.24, 2.45) is 4.99 Å². The summed E-state index contributed by atoms with van der Waals surface area (Å²) in [5.74, 6) is -0.479. The first-order valence-corrected chi connectivity index (χ1v) is 13.2. The average Bonchev–Trinajstić information content (AvgIpc) is 3.26. The van der Waals surface area contributed by atoms with Crippen LogP contribution >= 0.6 is 11.3 Å². The van der Waals surface area contributed by atoms with E-state index < -0.39 is 0 Å². The molecule has 4 aromatic carbocycles. The van der Waals surface area contributed by atoms with Crippen molar-refractivity contribution in [2.45, 2.75) is 37.8 Å². The van der Waals surface area contributed by atoms with Crippen molar-refractivity contribution in [1.29, 1.82) is 0 Å². The molecule has 0 aliphatic heterocycles. The normalized spacial score (nSPS) is 15.2. The van der Waals surface area contributed by atoms with Crippen molar-refractivity contribution in [1.82, 2.24) is 4.57 Å². The lowest BCUT2D eigenvalue weighted by Gasteiger charge is -2.43. The van der Waals surface area contributed by atoms with E-state index >= 15 is 0 Å². The first-order chi connectivity index (χ1) is 17.6. The van der Waals surface area contributed by atoms with Gasteiger partial charge in [-0.25, -0.2) is 8.78 Å². The zero-order valence-corrected chi connectivity index (χ0v) is 20.6. The molecular weight excluding hydrogens is 470 g/mol. The number of hydrogen-bond donors (Lipinski definition) is 0. The number of rotatable bonds is 6. The molecule has 0 unspecified atom stereocenters. The first kappa shape index (κ1) is 22.9. The van der Waals surface area contributed by atoms with Gasteiger partial charge in [0.1, 0.15) is 11.6 Å². The highest BCUT2D eigenvalue weighted by atomic mass is 32.1. The van der Waals surface area contributed by atoms with Gasteiger partial charge < -0.3 is 4.57 Å². The van der Waals surface area contributed by atoms with E-state index in [9.17, 15) is 8.78 Å². The van der Waals surface area contributed by atoms with Crippen LogP contribution in [0.4, 0.5) is 8.78 Å². The van der Waals surface area contributed by atoms with Crippen molar-refractivity contribution < 1.29 is 8.78 Å². The Morgan fingerprint density at radius 1 is 0.778 bits per heavy atom. The van der Waals surface area contributed by atoms with Gasteiger partial charge in [-0.05, 0) is 64.6 Å². The van der Waals surface area contributed by atoms with Crippen LogP contribution in [-0.2, 0) is 18.5 Å². The Labute approximate surface area is 213 Å². The molecule has 0 N–H and O–H groups in total.